The average Bonchev–Trinajstić information content (AvgIpc) is 2.17. The molecule has 0 radical (unpaired) electrons. The van der Waals surface area contributed by atoms with Crippen LogP contribution in [0.4, 0.5) is 0 Å². The Labute approximate surface area is 79.7 Å². The van der Waals surface area contributed by atoms with Crippen LogP contribution in [-0.2, 0) is 6.42 Å². The van der Waals surface area contributed by atoms with E-state index < -0.39 is 0 Å². The summed E-state index contributed by atoms with van der Waals surface area (Å²) in [6.07, 6.45) is 5.12. The lowest BCUT2D eigenvalue weighted by atomic mass is 10.0. The number of aryl methyl sites for hydroxylation is 1. The molecule has 0 spiro atoms. The zero-order chi connectivity index (χ0) is 9.52. The first-order valence-electron chi connectivity index (χ1n) is 4.67. The molecule has 1 aromatic rings. The van der Waals surface area contributed by atoms with Crippen LogP contribution in [0.5, 0.6) is 0 Å². The van der Waals surface area contributed by atoms with Crippen LogP contribution in [0.25, 0.3) is 0 Å². The van der Waals surface area contributed by atoms with Gasteiger partial charge in [0, 0.05) is 0 Å². The molecule has 0 aromatic heterocycles. The van der Waals surface area contributed by atoms with Crippen molar-refractivity contribution in [1.29, 1.82) is 0 Å². The highest BCUT2D eigenvalue weighted by Crippen LogP contribution is 2.09. The summed E-state index contributed by atoms with van der Waals surface area (Å²) in [5.41, 5.74) is 1.36. The van der Waals surface area contributed by atoms with Crippen LogP contribution in [0.2, 0.25) is 0 Å². The molecule has 0 aliphatic heterocycles. The van der Waals surface area contributed by atoms with Gasteiger partial charge in [0.25, 0.3) is 0 Å². The molecule has 0 saturated carbocycles. The molecule has 0 amide bonds. The predicted octanol–water partition coefficient (Wildman–Crippen LogP) is 3.33. The SMILES string of the molecule is CC(C=CO)CCc1ccccc1. The van der Waals surface area contributed by atoms with E-state index >= 15 is 0 Å². The second-order valence-corrected chi connectivity index (χ2v) is 3.34. The van der Waals surface area contributed by atoms with E-state index in [4.69, 9.17) is 5.11 Å². The van der Waals surface area contributed by atoms with Gasteiger partial charge in [-0.2, -0.15) is 0 Å². The second kappa shape index (κ2) is 5.41. The molecule has 0 saturated heterocycles. The maximum absolute atomic E-state index is 8.55. The van der Waals surface area contributed by atoms with Gasteiger partial charge >= 0.3 is 0 Å². The van der Waals surface area contributed by atoms with Crippen LogP contribution in [0, 0.1) is 5.92 Å². The molecule has 13 heavy (non-hydrogen) atoms. The highest BCUT2D eigenvalue weighted by atomic mass is 16.2. The second-order valence-electron chi connectivity index (χ2n) is 3.34. The number of aliphatic hydroxyl groups excluding tert-OH is 1. The molecule has 1 rings (SSSR count). The van der Waals surface area contributed by atoms with E-state index in [9.17, 15) is 0 Å². The molecule has 1 aromatic carbocycles. The minimum Gasteiger partial charge on any atom is -0.516 e. The van der Waals surface area contributed by atoms with Crippen molar-refractivity contribution in [1.82, 2.24) is 0 Å². The molecule has 1 atom stereocenters. The molecule has 1 unspecified atom stereocenters. The number of allylic oxidation sites excluding steroid dienone is 1. The van der Waals surface area contributed by atoms with Gasteiger partial charge in [0.05, 0.1) is 6.26 Å². The highest BCUT2D eigenvalue weighted by molar-refractivity contribution is 5.14. The van der Waals surface area contributed by atoms with Crippen molar-refractivity contribution in [3.63, 3.8) is 0 Å². The van der Waals surface area contributed by atoms with Crippen LogP contribution in [0.1, 0.15) is 18.9 Å². The summed E-state index contributed by atoms with van der Waals surface area (Å²) < 4.78 is 0. The Balaban J connectivity index is 2.35. The first kappa shape index (κ1) is 9.85. The summed E-state index contributed by atoms with van der Waals surface area (Å²) in [5.74, 6) is 0.449. The lowest BCUT2D eigenvalue weighted by Gasteiger charge is -2.04. The Hall–Kier alpha value is -1.24. The van der Waals surface area contributed by atoms with Crippen LogP contribution < -0.4 is 0 Å². The first-order valence-corrected chi connectivity index (χ1v) is 4.67. The molecule has 1 N–H and O–H groups in total. The normalized spacial score (nSPS) is 13.3. The largest absolute Gasteiger partial charge is 0.516 e. The van der Waals surface area contributed by atoms with E-state index in [-0.39, 0.29) is 0 Å². The van der Waals surface area contributed by atoms with Crippen LogP contribution >= 0.6 is 0 Å². The molecule has 70 valence electrons. The van der Waals surface area contributed by atoms with E-state index in [2.05, 4.69) is 31.2 Å². The monoisotopic (exact) mass is 176 g/mol. The highest BCUT2D eigenvalue weighted by Gasteiger charge is 1.97. The summed E-state index contributed by atoms with van der Waals surface area (Å²) in [4.78, 5) is 0. The molecule has 0 fully saturated rings. The maximum Gasteiger partial charge on any atom is 0.0754 e. The minimum atomic E-state index is 0.449. The zero-order valence-electron chi connectivity index (χ0n) is 7.98. The summed E-state index contributed by atoms with van der Waals surface area (Å²) in [6, 6.07) is 10.4. The smallest absolute Gasteiger partial charge is 0.0754 e. The van der Waals surface area contributed by atoms with Gasteiger partial charge in [0.1, 0.15) is 0 Å². The van der Waals surface area contributed by atoms with Gasteiger partial charge in [-0.3, -0.25) is 0 Å². The fourth-order valence-electron chi connectivity index (χ4n) is 1.28. The van der Waals surface area contributed by atoms with Gasteiger partial charge in [-0.15, -0.1) is 0 Å². The van der Waals surface area contributed by atoms with Gasteiger partial charge < -0.3 is 5.11 Å². The molecule has 1 heteroatoms. The van der Waals surface area contributed by atoms with Crippen molar-refractivity contribution >= 4 is 0 Å². The fraction of sp³-hybridized carbons (Fsp3) is 0.333. The third-order valence-electron chi connectivity index (χ3n) is 2.15. The van der Waals surface area contributed by atoms with Gasteiger partial charge in [-0.25, -0.2) is 0 Å². The lowest BCUT2D eigenvalue weighted by Crippen LogP contribution is -1.93. The summed E-state index contributed by atoms with van der Waals surface area (Å²) in [6.45, 7) is 2.11. The molecule has 0 bridgehead atoms. The van der Waals surface area contributed by atoms with Crippen molar-refractivity contribution in [2.45, 2.75) is 19.8 Å². The zero-order valence-corrected chi connectivity index (χ0v) is 7.98. The topological polar surface area (TPSA) is 20.2 Å². The van der Waals surface area contributed by atoms with Gasteiger partial charge in [-0.05, 0) is 30.4 Å². The van der Waals surface area contributed by atoms with Crippen LogP contribution in [0.15, 0.2) is 42.7 Å². The Morgan fingerprint density at radius 3 is 2.62 bits per heavy atom. The lowest BCUT2D eigenvalue weighted by molar-refractivity contribution is 0.463. The van der Waals surface area contributed by atoms with Crippen molar-refractivity contribution in [3.05, 3.63) is 48.2 Å². The maximum atomic E-state index is 8.55. The van der Waals surface area contributed by atoms with Crippen LogP contribution in [0.3, 0.4) is 0 Å². The molecular formula is C12H16O. The summed E-state index contributed by atoms with van der Waals surface area (Å²) in [7, 11) is 0. The number of aliphatic hydroxyl groups is 1. The Morgan fingerprint density at radius 2 is 2.00 bits per heavy atom. The van der Waals surface area contributed by atoms with Crippen molar-refractivity contribution in [2.24, 2.45) is 5.92 Å². The first-order chi connectivity index (χ1) is 6.33. The minimum absolute atomic E-state index is 0.449. The number of benzene rings is 1. The van der Waals surface area contributed by atoms with Crippen molar-refractivity contribution < 1.29 is 5.11 Å². The van der Waals surface area contributed by atoms with E-state index in [1.165, 1.54) is 5.56 Å². The number of hydrogen-bond acceptors (Lipinski definition) is 1. The number of rotatable bonds is 4. The molecule has 0 heterocycles. The third-order valence-corrected chi connectivity index (χ3v) is 2.15. The third kappa shape index (κ3) is 3.79. The van der Waals surface area contributed by atoms with Crippen LogP contribution in [-0.4, -0.2) is 5.11 Å². The van der Waals surface area contributed by atoms with Gasteiger partial charge in [-0.1, -0.05) is 37.3 Å². The quantitative estimate of drug-likeness (QED) is 0.698. The van der Waals surface area contributed by atoms with Crippen molar-refractivity contribution in [2.75, 3.05) is 0 Å². The fourth-order valence-corrected chi connectivity index (χ4v) is 1.28. The molecular weight excluding hydrogens is 160 g/mol. The molecule has 0 aliphatic carbocycles. The van der Waals surface area contributed by atoms with E-state index in [0.29, 0.717) is 5.92 Å². The average molecular weight is 176 g/mol. The summed E-state index contributed by atoms with van der Waals surface area (Å²) in [5, 5.41) is 8.55. The van der Waals surface area contributed by atoms with E-state index in [1.807, 2.05) is 12.1 Å². The Kier molecular flexibility index (Phi) is 4.10. The predicted molar refractivity (Wildman–Crippen MR) is 55.7 cm³/mol. The Morgan fingerprint density at radius 1 is 1.31 bits per heavy atom. The Bertz CT molecular complexity index is 251. The molecule has 1 nitrogen and oxygen atoms in total. The van der Waals surface area contributed by atoms with Crippen molar-refractivity contribution in [3.8, 4) is 0 Å². The van der Waals surface area contributed by atoms with E-state index in [1.54, 1.807) is 0 Å². The summed E-state index contributed by atoms with van der Waals surface area (Å²) >= 11 is 0. The van der Waals surface area contributed by atoms with Gasteiger partial charge in [0.2, 0.25) is 0 Å². The standard InChI is InChI=1S/C12H16O/c1-11(9-10-13)7-8-12-5-3-2-4-6-12/h2-6,9-11,13H,7-8H2,1H3. The number of hydrogen-bond donors (Lipinski definition) is 1. The van der Waals surface area contributed by atoms with Gasteiger partial charge in [0.15, 0.2) is 0 Å². The van der Waals surface area contributed by atoms with E-state index in [0.717, 1.165) is 19.1 Å². The molecule has 0 aliphatic rings.